The van der Waals surface area contributed by atoms with Crippen molar-refractivity contribution < 1.29 is 9.53 Å². The molecule has 0 saturated carbocycles. The van der Waals surface area contributed by atoms with Crippen LogP contribution in [0.4, 0.5) is 0 Å². The summed E-state index contributed by atoms with van der Waals surface area (Å²) in [6, 6.07) is 17.9. The molecule has 1 atom stereocenters. The molecule has 2 heteroatoms. The highest BCUT2D eigenvalue weighted by Crippen LogP contribution is 2.26. The lowest BCUT2D eigenvalue weighted by molar-refractivity contribution is 0.0658. The first kappa shape index (κ1) is 11.7. The molecule has 3 rings (SSSR count). The molecule has 0 spiro atoms. The zero-order valence-corrected chi connectivity index (χ0v) is 10.5. The van der Waals surface area contributed by atoms with Crippen molar-refractivity contribution in [3.05, 3.63) is 83.6 Å². The molecule has 2 aromatic carbocycles. The van der Waals surface area contributed by atoms with Crippen LogP contribution >= 0.6 is 0 Å². The van der Waals surface area contributed by atoms with Crippen LogP contribution in [0.25, 0.3) is 0 Å². The van der Waals surface area contributed by atoms with Gasteiger partial charge < -0.3 is 4.74 Å². The molecule has 2 aromatic rings. The number of carbonyl (C=O) groups excluding carboxylic acids is 1. The van der Waals surface area contributed by atoms with E-state index in [1.807, 2.05) is 48.5 Å². The second kappa shape index (κ2) is 5.11. The summed E-state index contributed by atoms with van der Waals surface area (Å²) < 4.78 is 5.14. The fraction of sp³-hybridized carbons (Fsp3) is 0.118. The van der Waals surface area contributed by atoms with E-state index in [9.17, 15) is 4.79 Å². The van der Waals surface area contributed by atoms with Gasteiger partial charge in [0.05, 0.1) is 11.8 Å². The third-order valence-electron chi connectivity index (χ3n) is 3.39. The summed E-state index contributed by atoms with van der Waals surface area (Å²) in [4.78, 5) is 11.8. The average molecular weight is 250 g/mol. The minimum Gasteiger partial charge on any atom is -0.431 e. The number of ether oxygens (including phenoxy) is 1. The van der Waals surface area contributed by atoms with Crippen molar-refractivity contribution >= 4 is 5.97 Å². The number of esters is 1. The Labute approximate surface area is 112 Å². The van der Waals surface area contributed by atoms with E-state index < -0.39 is 0 Å². The number of carbonyl (C=O) groups is 1. The molecule has 0 N–H and O–H groups in total. The maximum Gasteiger partial charge on any atom is 0.343 e. The van der Waals surface area contributed by atoms with Gasteiger partial charge in [0, 0.05) is 5.92 Å². The van der Waals surface area contributed by atoms with Crippen molar-refractivity contribution in [3.8, 4) is 0 Å². The molecule has 0 saturated heterocycles. The van der Waals surface area contributed by atoms with E-state index >= 15 is 0 Å². The highest BCUT2D eigenvalue weighted by atomic mass is 16.5. The third kappa shape index (κ3) is 2.43. The molecule has 1 aliphatic heterocycles. The van der Waals surface area contributed by atoms with Crippen molar-refractivity contribution in [2.45, 2.75) is 12.3 Å². The summed E-state index contributed by atoms with van der Waals surface area (Å²) in [5.41, 5.74) is 2.92. The lowest BCUT2D eigenvalue weighted by Crippen LogP contribution is -2.11. The van der Waals surface area contributed by atoms with E-state index in [2.05, 4.69) is 12.1 Å². The van der Waals surface area contributed by atoms with Crippen molar-refractivity contribution in [1.82, 2.24) is 0 Å². The van der Waals surface area contributed by atoms with Crippen molar-refractivity contribution in [3.63, 3.8) is 0 Å². The van der Waals surface area contributed by atoms with Gasteiger partial charge in [-0.25, -0.2) is 4.79 Å². The first-order valence-electron chi connectivity index (χ1n) is 6.35. The Kier molecular flexibility index (Phi) is 3.15. The van der Waals surface area contributed by atoms with Crippen LogP contribution in [0.2, 0.25) is 0 Å². The fourth-order valence-electron chi connectivity index (χ4n) is 2.39. The Hall–Kier alpha value is -2.35. The maximum atomic E-state index is 11.8. The average Bonchev–Trinajstić information content (AvgIpc) is 2.45. The lowest BCUT2D eigenvalue weighted by atomic mass is 9.89. The molecule has 0 aliphatic carbocycles. The van der Waals surface area contributed by atoms with Crippen LogP contribution in [-0.4, -0.2) is 5.97 Å². The van der Waals surface area contributed by atoms with Crippen LogP contribution in [0, 0.1) is 0 Å². The molecule has 2 nitrogen and oxygen atoms in total. The van der Waals surface area contributed by atoms with Gasteiger partial charge >= 0.3 is 5.97 Å². The highest BCUT2D eigenvalue weighted by molar-refractivity contribution is 5.91. The second-order valence-corrected chi connectivity index (χ2v) is 4.61. The normalized spacial score (nSPS) is 18.1. The zero-order chi connectivity index (χ0) is 13.1. The van der Waals surface area contributed by atoms with E-state index in [1.165, 1.54) is 11.8 Å². The van der Waals surface area contributed by atoms with Crippen LogP contribution < -0.4 is 0 Å². The molecule has 0 radical (unpaired) electrons. The number of fused-ring (bicyclic) bond motifs is 1. The van der Waals surface area contributed by atoms with E-state index in [1.54, 1.807) is 0 Å². The number of benzene rings is 2. The summed E-state index contributed by atoms with van der Waals surface area (Å²) in [7, 11) is 0. The monoisotopic (exact) mass is 250 g/mol. The lowest BCUT2D eigenvalue weighted by Gasteiger charge is -2.17. The van der Waals surface area contributed by atoms with Gasteiger partial charge in [-0.2, -0.15) is 0 Å². The second-order valence-electron chi connectivity index (χ2n) is 4.61. The molecular formula is C17H14O2. The summed E-state index contributed by atoms with van der Waals surface area (Å²) in [5, 5.41) is 0. The quantitative estimate of drug-likeness (QED) is 0.721. The molecule has 1 heterocycles. The number of cyclic esters (lactones) is 1. The van der Waals surface area contributed by atoms with Gasteiger partial charge in [-0.1, -0.05) is 48.5 Å². The highest BCUT2D eigenvalue weighted by Gasteiger charge is 2.18. The standard InChI is InChI=1S/C17H14O2/c18-17-16-9-5-4-8-15(16)12-14(10-11-19-17)13-6-2-1-3-7-13/h1-11,14H,12H2. The Bertz CT molecular complexity index is 614. The van der Waals surface area contributed by atoms with E-state index in [4.69, 9.17) is 4.74 Å². The van der Waals surface area contributed by atoms with Crippen LogP contribution in [0.3, 0.4) is 0 Å². The van der Waals surface area contributed by atoms with Crippen molar-refractivity contribution in [1.29, 1.82) is 0 Å². The zero-order valence-electron chi connectivity index (χ0n) is 10.5. The van der Waals surface area contributed by atoms with Gasteiger partial charge in [0.15, 0.2) is 0 Å². The summed E-state index contributed by atoms with van der Waals surface area (Å²) >= 11 is 0. The summed E-state index contributed by atoms with van der Waals surface area (Å²) in [5.74, 6) is -0.0474. The maximum absolute atomic E-state index is 11.8. The molecule has 94 valence electrons. The summed E-state index contributed by atoms with van der Waals surface area (Å²) in [6.45, 7) is 0. The van der Waals surface area contributed by atoms with E-state index in [0.29, 0.717) is 5.56 Å². The van der Waals surface area contributed by atoms with Gasteiger partial charge in [-0.05, 0) is 29.7 Å². The van der Waals surface area contributed by atoms with Gasteiger partial charge in [-0.3, -0.25) is 0 Å². The van der Waals surface area contributed by atoms with Gasteiger partial charge in [-0.15, -0.1) is 0 Å². The fourth-order valence-corrected chi connectivity index (χ4v) is 2.39. The molecule has 1 unspecified atom stereocenters. The van der Waals surface area contributed by atoms with Crippen molar-refractivity contribution in [2.24, 2.45) is 0 Å². The largest absolute Gasteiger partial charge is 0.431 e. The summed E-state index contributed by atoms with van der Waals surface area (Å²) in [6.07, 6.45) is 4.27. The molecule has 1 aliphatic rings. The van der Waals surface area contributed by atoms with Gasteiger partial charge in [0.1, 0.15) is 0 Å². The van der Waals surface area contributed by atoms with Crippen LogP contribution in [0.1, 0.15) is 27.4 Å². The minimum atomic E-state index is -0.279. The molecular weight excluding hydrogens is 236 g/mol. The first-order valence-corrected chi connectivity index (χ1v) is 6.35. The van der Waals surface area contributed by atoms with Gasteiger partial charge in [0.2, 0.25) is 0 Å². The molecule has 0 amide bonds. The molecule has 0 bridgehead atoms. The Morgan fingerprint density at radius 2 is 1.68 bits per heavy atom. The first-order chi connectivity index (χ1) is 9.34. The van der Waals surface area contributed by atoms with Crippen molar-refractivity contribution in [2.75, 3.05) is 0 Å². The Morgan fingerprint density at radius 3 is 2.53 bits per heavy atom. The molecule has 19 heavy (non-hydrogen) atoms. The smallest absolute Gasteiger partial charge is 0.343 e. The minimum absolute atomic E-state index is 0.232. The predicted octanol–water partition coefficient (Wildman–Crippen LogP) is 3.70. The number of hydrogen-bond acceptors (Lipinski definition) is 2. The molecule has 0 aromatic heterocycles. The SMILES string of the molecule is O=C1OC=CC(c2ccccc2)Cc2ccccc21. The predicted molar refractivity (Wildman–Crippen MR) is 73.9 cm³/mol. The number of rotatable bonds is 1. The van der Waals surface area contributed by atoms with Crippen LogP contribution in [0.5, 0.6) is 0 Å². The Morgan fingerprint density at radius 1 is 0.947 bits per heavy atom. The van der Waals surface area contributed by atoms with E-state index in [0.717, 1.165) is 12.0 Å². The van der Waals surface area contributed by atoms with Crippen LogP contribution in [-0.2, 0) is 11.2 Å². The van der Waals surface area contributed by atoms with Gasteiger partial charge in [0.25, 0.3) is 0 Å². The molecule has 0 fully saturated rings. The number of allylic oxidation sites excluding steroid dienone is 1. The third-order valence-corrected chi connectivity index (χ3v) is 3.39. The topological polar surface area (TPSA) is 26.3 Å². The van der Waals surface area contributed by atoms with Crippen LogP contribution in [0.15, 0.2) is 66.9 Å². The number of hydrogen-bond donors (Lipinski definition) is 0. The Balaban J connectivity index is 2.00. The van der Waals surface area contributed by atoms with E-state index in [-0.39, 0.29) is 11.9 Å².